The second-order valence-electron chi connectivity index (χ2n) is 3.99. The number of hydrogen-bond donors (Lipinski definition) is 2. The molecule has 1 aromatic heterocycles. The molecule has 1 aromatic rings. The molecular weight excluding hydrogens is 252 g/mol. The van der Waals surface area contributed by atoms with Gasteiger partial charge in [0, 0.05) is 18.8 Å². The monoisotopic (exact) mass is 264 g/mol. The molecule has 0 saturated carbocycles. The zero-order valence-electron chi connectivity index (χ0n) is 9.71. The predicted octanol–water partition coefficient (Wildman–Crippen LogP) is -0.115. The summed E-state index contributed by atoms with van der Waals surface area (Å²) in [6.07, 6.45) is 1.68. The number of anilines is 1. The largest absolute Gasteiger partial charge is 0.389 e. The van der Waals surface area contributed by atoms with E-state index in [2.05, 4.69) is 10.3 Å². The van der Waals surface area contributed by atoms with Gasteiger partial charge >= 0.3 is 0 Å². The van der Waals surface area contributed by atoms with Crippen LogP contribution >= 0.6 is 12.2 Å². The van der Waals surface area contributed by atoms with Crippen molar-refractivity contribution in [2.45, 2.75) is 12.5 Å². The summed E-state index contributed by atoms with van der Waals surface area (Å²) in [6, 6.07) is 2.76. The number of aromatic nitrogens is 1. The summed E-state index contributed by atoms with van der Waals surface area (Å²) in [5, 5.41) is 2.91. The molecule has 94 valence electrons. The van der Waals surface area contributed by atoms with Gasteiger partial charge in [-0.05, 0) is 12.1 Å². The molecular formula is C11H12N4O2S. The summed E-state index contributed by atoms with van der Waals surface area (Å²) >= 11 is 4.86. The van der Waals surface area contributed by atoms with E-state index in [4.69, 9.17) is 18.0 Å². The van der Waals surface area contributed by atoms with E-state index in [0.29, 0.717) is 11.4 Å². The first-order chi connectivity index (χ1) is 8.49. The number of carbonyl (C=O) groups excluding carboxylic acids is 2. The van der Waals surface area contributed by atoms with Gasteiger partial charge in [0.2, 0.25) is 5.91 Å². The molecule has 2 amide bonds. The van der Waals surface area contributed by atoms with Crippen LogP contribution in [0.15, 0.2) is 18.3 Å². The third kappa shape index (κ3) is 2.30. The highest BCUT2D eigenvalue weighted by Gasteiger charge is 2.36. The third-order valence-corrected chi connectivity index (χ3v) is 2.98. The van der Waals surface area contributed by atoms with E-state index in [1.165, 1.54) is 7.05 Å². The lowest BCUT2D eigenvalue weighted by molar-refractivity contribution is -0.136. The van der Waals surface area contributed by atoms with Crippen LogP contribution < -0.4 is 11.1 Å². The lowest BCUT2D eigenvalue weighted by atomic mass is 10.2. The molecule has 0 bridgehead atoms. The quantitative estimate of drug-likeness (QED) is 0.585. The van der Waals surface area contributed by atoms with E-state index >= 15 is 0 Å². The zero-order valence-corrected chi connectivity index (χ0v) is 10.5. The van der Waals surface area contributed by atoms with E-state index in [1.807, 2.05) is 0 Å². The molecule has 1 saturated heterocycles. The standard InChI is InChI=1S/C11H12N4O2S/c1-15-9(16)5-7(11(15)17)14-8-4-6(10(12)18)2-3-13-8/h2-4,7H,5H2,1H3,(H2,12,18)(H,13,14). The van der Waals surface area contributed by atoms with Crippen LogP contribution in [0.1, 0.15) is 12.0 Å². The number of amides is 2. The second-order valence-corrected chi connectivity index (χ2v) is 4.43. The van der Waals surface area contributed by atoms with E-state index in [0.717, 1.165) is 4.90 Å². The number of nitrogens with zero attached hydrogens (tertiary/aromatic N) is 2. The van der Waals surface area contributed by atoms with Crippen molar-refractivity contribution in [3.05, 3.63) is 23.9 Å². The fourth-order valence-electron chi connectivity index (χ4n) is 1.71. The number of imide groups is 1. The number of nitrogens with one attached hydrogen (secondary N) is 1. The normalized spacial score (nSPS) is 19.2. The SMILES string of the molecule is CN1C(=O)CC(Nc2cc(C(N)=S)ccn2)C1=O. The van der Waals surface area contributed by atoms with Crippen LogP contribution in [0.3, 0.4) is 0 Å². The summed E-state index contributed by atoms with van der Waals surface area (Å²) in [6.45, 7) is 0. The Bertz CT molecular complexity index is 532. The minimum atomic E-state index is -0.573. The topological polar surface area (TPSA) is 88.3 Å². The fraction of sp³-hybridized carbons (Fsp3) is 0.273. The zero-order chi connectivity index (χ0) is 13.3. The average molecular weight is 264 g/mol. The van der Waals surface area contributed by atoms with Gasteiger partial charge in [-0.2, -0.15) is 0 Å². The van der Waals surface area contributed by atoms with Gasteiger partial charge in [-0.3, -0.25) is 14.5 Å². The number of rotatable bonds is 3. The Kier molecular flexibility index (Phi) is 3.24. The van der Waals surface area contributed by atoms with Crippen molar-refractivity contribution >= 4 is 34.8 Å². The second kappa shape index (κ2) is 4.69. The molecule has 3 N–H and O–H groups in total. The number of hydrogen-bond acceptors (Lipinski definition) is 5. The summed E-state index contributed by atoms with van der Waals surface area (Å²) in [5.74, 6) is 0.00674. The molecule has 6 nitrogen and oxygen atoms in total. The van der Waals surface area contributed by atoms with Gasteiger partial charge in [-0.15, -0.1) is 0 Å². The Balaban J connectivity index is 2.15. The maximum absolute atomic E-state index is 11.7. The van der Waals surface area contributed by atoms with E-state index in [-0.39, 0.29) is 23.2 Å². The molecule has 0 radical (unpaired) electrons. The number of likely N-dealkylation sites (tertiary alicyclic amines) is 1. The van der Waals surface area contributed by atoms with Crippen LogP contribution in [-0.4, -0.2) is 39.8 Å². The number of thiocarbonyl (C=S) groups is 1. The van der Waals surface area contributed by atoms with Crippen LogP contribution in [0.5, 0.6) is 0 Å². The van der Waals surface area contributed by atoms with Crippen LogP contribution in [0, 0.1) is 0 Å². The van der Waals surface area contributed by atoms with Crippen molar-refractivity contribution in [1.29, 1.82) is 0 Å². The minimum Gasteiger partial charge on any atom is -0.389 e. The Morgan fingerprint density at radius 1 is 1.61 bits per heavy atom. The van der Waals surface area contributed by atoms with E-state index in [9.17, 15) is 9.59 Å². The van der Waals surface area contributed by atoms with Crippen molar-refractivity contribution in [2.75, 3.05) is 12.4 Å². The highest BCUT2D eigenvalue weighted by Crippen LogP contribution is 2.16. The molecule has 0 aliphatic carbocycles. The van der Waals surface area contributed by atoms with Crippen LogP contribution in [0.2, 0.25) is 0 Å². The molecule has 0 aromatic carbocycles. The molecule has 18 heavy (non-hydrogen) atoms. The molecule has 1 aliphatic heterocycles. The van der Waals surface area contributed by atoms with Gasteiger partial charge in [0.15, 0.2) is 0 Å². The predicted molar refractivity (Wildman–Crippen MR) is 69.9 cm³/mol. The summed E-state index contributed by atoms with van der Waals surface area (Å²) < 4.78 is 0. The van der Waals surface area contributed by atoms with Gasteiger partial charge in [-0.1, -0.05) is 12.2 Å². The summed E-state index contributed by atoms with van der Waals surface area (Å²) in [4.78, 5) is 28.5. The summed E-state index contributed by atoms with van der Waals surface area (Å²) in [5.41, 5.74) is 6.17. The maximum Gasteiger partial charge on any atom is 0.251 e. The Morgan fingerprint density at radius 3 is 2.89 bits per heavy atom. The Morgan fingerprint density at radius 2 is 2.33 bits per heavy atom. The molecule has 1 aliphatic rings. The minimum absolute atomic E-state index is 0.133. The van der Waals surface area contributed by atoms with Crippen LogP contribution in [0.4, 0.5) is 5.82 Å². The lowest BCUT2D eigenvalue weighted by Crippen LogP contribution is -2.32. The van der Waals surface area contributed by atoms with E-state index < -0.39 is 6.04 Å². The number of pyridine rings is 1. The summed E-state index contributed by atoms with van der Waals surface area (Å²) in [7, 11) is 1.46. The number of carbonyl (C=O) groups is 2. The maximum atomic E-state index is 11.7. The molecule has 1 atom stereocenters. The van der Waals surface area contributed by atoms with Gasteiger partial charge < -0.3 is 11.1 Å². The van der Waals surface area contributed by atoms with Gasteiger partial charge in [-0.25, -0.2) is 4.98 Å². The third-order valence-electron chi connectivity index (χ3n) is 2.75. The molecule has 1 fully saturated rings. The smallest absolute Gasteiger partial charge is 0.251 e. The van der Waals surface area contributed by atoms with Crippen LogP contribution in [-0.2, 0) is 9.59 Å². The first-order valence-corrected chi connectivity index (χ1v) is 5.72. The van der Waals surface area contributed by atoms with Gasteiger partial charge in [0.05, 0.1) is 6.42 Å². The van der Waals surface area contributed by atoms with Crippen molar-refractivity contribution in [3.63, 3.8) is 0 Å². The fourth-order valence-corrected chi connectivity index (χ4v) is 1.84. The molecule has 7 heteroatoms. The van der Waals surface area contributed by atoms with E-state index in [1.54, 1.807) is 18.3 Å². The van der Waals surface area contributed by atoms with Crippen molar-refractivity contribution in [3.8, 4) is 0 Å². The average Bonchev–Trinajstić information content (AvgIpc) is 2.57. The Labute approximate surface area is 109 Å². The molecule has 2 heterocycles. The van der Waals surface area contributed by atoms with Crippen molar-refractivity contribution in [2.24, 2.45) is 5.73 Å². The lowest BCUT2D eigenvalue weighted by Gasteiger charge is -2.12. The van der Waals surface area contributed by atoms with Gasteiger partial charge in [0.1, 0.15) is 16.8 Å². The molecule has 1 unspecified atom stereocenters. The van der Waals surface area contributed by atoms with Crippen molar-refractivity contribution in [1.82, 2.24) is 9.88 Å². The Hall–Kier alpha value is -2.02. The highest BCUT2D eigenvalue weighted by molar-refractivity contribution is 7.80. The first kappa shape index (κ1) is 12.4. The number of nitrogens with two attached hydrogens (primary N) is 1. The highest BCUT2D eigenvalue weighted by atomic mass is 32.1. The number of likely N-dealkylation sites (N-methyl/N-ethyl adjacent to an activating group) is 1. The van der Waals surface area contributed by atoms with Gasteiger partial charge in [0.25, 0.3) is 5.91 Å². The van der Waals surface area contributed by atoms with Crippen molar-refractivity contribution < 1.29 is 9.59 Å². The first-order valence-electron chi connectivity index (χ1n) is 5.32. The van der Waals surface area contributed by atoms with Crippen LogP contribution in [0.25, 0.3) is 0 Å². The molecule has 2 rings (SSSR count). The molecule has 0 spiro atoms.